The minimum Gasteiger partial charge on any atom is -0.444 e. The van der Waals surface area contributed by atoms with Gasteiger partial charge in [-0.05, 0) is 53.0 Å². The summed E-state index contributed by atoms with van der Waals surface area (Å²) in [6.45, 7) is 13.7. The van der Waals surface area contributed by atoms with Crippen LogP contribution in [0.25, 0.3) is 0 Å². The van der Waals surface area contributed by atoms with Crippen LogP contribution in [0.15, 0.2) is 35.3 Å². The Balaban J connectivity index is 0.00000480. The molecule has 0 saturated carbocycles. The van der Waals surface area contributed by atoms with Crippen molar-refractivity contribution < 1.29 is 9.53 Å². The number of benzene rings is 1. The largest absolute Gasteiger partial charge is 0.444 e. The number of halogens is 1. The zero-order chi connectivity index (χ0) is 22.0. The van der Waals surface area contributed by atoms with Gasteiger partial charge in [0, 0.05) is 38.3 Å². The molecule has 0 aliphatic carbocycles. The minimum absolute atomic E-state index is 0. The fourth-order valence-electron chi connectivity index (χ4n) is 3.56. The summed E-state index contributed by atoms with van der Waals surface area (Å²) < 4.78 is 5.24. The number of nitrogens with zero attached hydrogens (tertiary/aromatic N) is 2. The Kier molecular flexibility index (Phi) is 12.2. The quantitative estimate of drug-likeness (QED) is 0.211. The number of amides is 1. The van der Waals surface area contributed by atoms with E-state index in [4.69, 9.17) is 4.74 Å². The van der Waals surface area contributed by atoms with Gasteiger partial charge in [0.1, 0.15) is 5.60 Å². The zero-order valence-corrected chi connectivity index (χ0v) is 21.9. The number of alkyl carbamates (subject to hydrolysis) is 1. The van der Waals surface area contributed by atoms with E-state index in [1.165, 1.54) is 5.56 Å². The van der Waals surface area contributed by atoms with Crippen LogP contribution in [-0.2, 0) is 11.3 Å². The van der Waals surface area contributed by atoms with Crippen LogP contribution in [0.5, 0.6) is 0 Å². The average Bonchev–Trinajstić information content (AvgIpc) is 2.67. The second-order valence-electron chi connectivity index (χ2n) is 8.86. The lowest BCUT2D eigenvalue weighted by Gasteiger charge is -2.38. The van der Waals surface area contributed by atoms with E-state index >= 15 is 0 Å². The molecule has 1 saturated heterocycles. The summed E-state index contributed by atoms with van der Waals surface area (Å²) in [5, 5.41) is 9.62. The average molecular weight is 546 g/mol. The maximum Gasteiger partial charge on any atom is 0.407 e. The van der Waals surface area contributed by atoms with Crippen molar-refractivity contribution in [1.29, 1.82) is 0 Å². The number of ether oxygens (including phenoxy) is 1. The molecule has 7 nitrogen and oxygen atoms in total. The van der Waals surface area contributed by atoms with Gasteiger partial charge < -0.3 is 20.7 Å². The summed E-state index contributed by atoms with van der Waals surface area (Å²) in [6.07, 6.45) is 1.75. The molecule has 0 bridgehead atoms. The number of guanidine groups is 1. The first-order valence-corrected chi connectivity index (χ1v) is 11.1. The molecule has 176 valence electrons. The molecule has 1 amide bonds. The first-order chi connectivity index (χ1) is 14.3. The SMILES string of the molecule is CCNC(=NCCNC(=O)OC(C)(C)C)NC1CCN(Cc2ccccc2)C(C)C1.I. The van der Waals surface area contributed by atoms with Gasteiger partial charge in [-0.15, -0.1) is 24.0 Å². The first kappa shape index (κ1) is 27.5. The van der Waals surface area contributed by atoms with Gasteiger partial charge in [-0.25, -0.2) is 4.79 Å². The molecule has 3 N–H and O–H groups in total. The number of carbonyl (C=O) groups excluding carboxylic acids is 1. The molecule has 2 atom stereocenters. The smallest absolute Gasteiger partial charge is 0.407 e. The topological polar surface area (TPSA) is 78.0 Å². The molecular formula is C23H40IN5O2. The fourth-order valence-corrected chi connectivity index (χ4v) is 3.56. The molecule has 0 aromatic heterocycles. The Morgan fingerprint density at radius 3 is 2.55 bits per heavy atom. The van der Waals surface area contributed by atoms with Crippen LogP contribution in [0.3, 0.4) is 0 Å². The van der Waals surface area contributed by atoms with Crippen molar-refractivity contribution in [3.05, 3.63) is 35.9 Å². The van der Waals surface area contributed by atoms with E-state index in [0.29, 0.717) is 25.2 Å². The maximum absolute atomic E-state index is 11.7. The van der Waals surface area contributed by atoms with Gasteiger partial charge >= 0.3 is 6.09 Å². The van der Waals surface area contributed by atoms with Crippen LogP contribution in [-0.4, -0.2) is 60.8 Å². The molecule has 1 aliphatic rings. The van der Waals surface area contributed by atoms with Gasteiger partial charge in [0.2, 0.25) is 0 Å². The number of hydrogen-bond donors (Lipinski definition) is 3. The van der Waals surface area contributed by atoms with Crippen molar-refractivity contribution in [3.63, 3.8) is 0 Å². The van der Waals surface area contributed by atoms with Crippen molar-refractivity contribution >= 4 is 36.0 Å². The highest BCUT2D eigenvalue weighted by Crippen LogP contribution is 2.19. The third-order valence-electron chi connectivity index (χ3n) is 4.98. The Morgan fingerprint density at radius 2 is 1.94 bits per heavy atom. The molecule has 1 fully saturated rings. The van der Waals surface area contributed by atoms with Gasteiger partial charge in [0.15, 0.2) is 5.96 Å². The Labute approximate surface area is 204 Å². The molecule has 8 heteroatoms. The van der Waals surface area contributed by atoms with Gasteiger partial charge in [0.05, 0.1) is 6.54 Å². The van der Waals surface area contributed by atoms with Gasteiger partial charge in [0.25, 0.3) is 0 Å². The maximum atomic E-state index is 11.7. The number of nitrogens with one attached hydrogen (secondary N) is 3. The van der Waals surface area contributed by atoms with E-state index in [-0.39, 0.29) is 24.0 Å². The van der Waals surface area contributed by atoms with Crippen molar-refractivity contribution in [2.24, 2.45) is 4.99 Å². The van der Waals surface area contributed by atoms with E-state index in [0.717, 1.165) is 38.4 Å². The summed E-state index contributed by atoms with van der Waals surface area (Å²) in [4.78, 5) is 18.9. The summed E-state index contributed by atoms with van der Waals surface area (Å²) in [5.41, 5.74) is 0.874. The molecule has 2 unspecified atom stereocenters. The van der Waals surface area contributed by atoms with Crippen molar-refractivity contribution in [3.8, 4) is 0 Å². The highest BCUT2D eigenvalue weighted by molar-refractivity contribution is 14.0. The lowest BCUT2D eigenvalue weighted by molar-refractivity contribution is 0.0529. The van der Waals surface area contributed by atoms with Crippen LogP contribution in [0.4, 0.5) is 4.79 Å². The van der Waals surface area contributed by atoms with Gasteiger partial charge in [-0.3, -0.25) is 9.89 Å². The van der Waals surface area contributed by atoms with Crippen LogP contribution in [0, 0.1) is 0 Å². The Morgan fingerprint density at radius 1 is 1.23 bits per heavy atom. The van der Waals surface area contributed by atoms with E-state index in [1.54, 1.807) is 0 Å². The molecule has 1 aromatic rings. The standard InChI is InChI=1S/C23H39N5O2.HI/c1-6-24-21(25-13-14-26-22(29)30-23(3,4)5)27-20-12-15-28(18(2)16-20)17-19-10-8-7-9-11-19;/h7-11,18,20H,6,12-17H2,1-5H3,(H,26,29)(H2,24,25,27);1H. The van der Waals surface area contributed by atoms with Gasteiger partial charge in [-0.2, -0.15) is 0 Å². The van der Waals surface area contributed by atoms with E-state index in [2.05, 4.69) is 70.0 Å². The highest BCUT2D eigenvalue weighted by Gasteiger charge is 2.26. The monoisotopic (exact) mass is 545 g/mol. The summed E-state index contributed by atoms with van der Waals surface area (Å²) in [7, 11) is 0. The molecule has 31 heavy (non-hydrogen) atoms. The summed E-state index contributed by atoms with van der Waals surface area (Å²) >= 11 is 0. The first-order valence-electron chi connectivity index (χ1n) is 11.1. The third-order valence-corrected chi connectivity index (χ3v) is 4.98. The van der Waals surface area contributed by atoms with Crippen LogP contribution in [0.2, 0.25) is 0 Å². The van der Waals surface area contributed by atoms with E-state index in [1.807, 2.05) is 20.8 Å². The van der Waals surface area contributed by atoms with Crippen LogP contribution in [0.1, 0.15) is 53.0 Å². The zero-order valence-electron chi connectivity index (χ0n) is 19.6. The van der Waals surface area contributed by atoms with Crippen molar-refractivity contribution in [1.82, 2.24) is 20.9 Å². The van der Waals surface area contributed by atoms with Crippen molar-refractivity contribution in [2.75, 3.05) is 26.2 Å². The van der Waals surface area contributed by atoms with Gasteiger partial charge in [-0.1, -0.05) is 30.3 Å². The number of hydrogen-bond acceptors (Lipinski definition) is 4. The summed E-state index contributed by atoms with van der Waals surface area (Å²) in [5.74, 6) is 0.803. The normalized spacial score (nSPS) is 19.8. The van der Waals surface area contributed by atoms with Crippen LogP contribution >= 0.6 is 24.0 Å². The predicted molar refractivity (Wildman–Crippen MR) is 138 cm³/mol. The molecule has 1 aromatic carbocycles. The molecule has 0 radical (unpaired) electrons. The van der Waals surface area contributed by atoms with Crippen LogP contribution < -0.4 is 16.0 Å². The number of piperidine rings is 1. The summed E-state index contributed by atoms with van der Waals surface area (Å²) in [6, 6.07) is 11.6. The lowest BCUT2D eigenvalue weighted by Crippen LogP contribution is -2.51. The van der Waals surface area contributed by atoms with E-state index < -0.39 is 11.7 Å². The fraction of sp³-hybridized carbons (Fsp3) is 0.652. The Bertz CT molecular complexity index is 678. The molecule has 2 rings (SSSR count). The number of carbonyl (C=O) groups is 1. The highest BCUT2D eigenvalue weighted by atomic mass is 127. The lowest BCUT2D eigenvalue weighted by atomic mass is 9.97. The number of aliphatic imine (C=N–C) groups is 1. The molecule has 1 aliphatic heterocycles. The molecule has 0 spiro atoms. The second kappa shape index (κ2) is 13.8. The molecule has 1 heterocycles. The third kappa shape index (κ3) is 11.0. The van der Waals surface area contributed by atoms with E-state index in [9.17, 15) is 4.79 Å². The predicted octanol–water partition coefficient (Wildman–Crippen LogP) is 3.74. The Hall–Kier alpha value is -1.55. The number of likely N-dealkylation sites (tertiary alicyclic amines) is 1. The number of rotatable bonds is 7. The minimum atomic E-state index is -0.490. The van der Waals surface area contributed by atoms with Crippen molar-refractivity contribution in [2.45, 2.75) is 71.7 Å². The second-order valence-corrected chi connectivity index (χ2v) is 8.86. The molecular weight excluding hydrogens is 505 g/mol.